The van der Waals surface area contributed by atoms with Crippen LogP contribution >= 0.6 is 0 Å². The smallest absolute Gasteiger partial charge is 0.242 e. The molecular weight excluding hydrogens is 219 g/mol. The largest absolute Gasteiger partial charge is 0.374 e. The Morgan fingerprint density at radius 1 is 1.59 bits per heavy atom. The number of hydrogen-bond donors (Lipinski definition) is 2. The van der Waals surface area contributed by atoms with E-state index in [0.29, 0.717) is 12.1 Å². The molecule has 2 N–H and O–H groups in total. The predicted octanol–water partition coefficient (Wildman–Crippen LogP) is 2.24. The zero-order valence-corrected chi connectivity index (χ0v) is 10.1. The molecule has 1 rings (SSSR count). The fourth-order valence-corrected chi connectivity index (χ4v) is 1.38. The minimum atomic E-state index is -0.375. The van der Waals surface area contributed by atoms with Crippen LogP contribution in [0.15, 0.2) is 30.9 Å². The molecule has 0 aliphatic rings. The van der Waals surface area contributed by atoms with Gasteiger partial charge in [0.05, 0.1) is 0 Å². The van der Waals surface area contributed by atoms with E-state index in [-0.39, 0.29) is 17.8 Å². The van der Waals surface area contributed by atoms with Crippen molar-refractivity contribution in [3.63, 3.8) is 0 Å². The lowest BCUT2D eigenvalue weighted by atomic mass is 10.2. The summed E-state index contributed by atoms with van der Waals surface area (Å²) in [6.45, 7) is 7.39. The standard InChI is InChI=1S/C13H17FN2O/c1-4-7-15-13(17)10(3)16-11-5-6-12(14)9(2)8-11/h4-6,8,10,16H,1,7H2,2-3H3,(H,15,17). The Morgan fingerprint density at radius 3 is 2.88 bits per heavy atom. The highest BCUT2D eigenvalue weighted by molar-refractivity contribution is 5.84. The van der Waals surface area contributed by atoms with Crippen LogP contribution in [0, 0.1) is 12.7 Å². The first-order chi connectivity index (χ1) is 8.04. The Labute approximate surface area is 101 Å². The summed E-state index contributed by atoms with van der Waals surface area (Å²) in [6.07, 6.45) is 1.62. The summed E-state index contributed by atoms with van der Waals surface area (Å²) in [6, 6.07) is 4.29. The van der Waals surface area contributed by atoms with Crippen LogP contribution < -0.4 is 10.6 Å². The van der Waals surface area contributed by atoms with Gasteiger partial charge in [-0.2, -0.15) is 0 Å². The second-order valence-corrected chi connectivity index (χ2v) is 3.86. The molecule has 1 aromatic carbocycles. The SMILES string of the molecule is C=CCNC(=O)C(C)Nc1ccc(F)c(C)c1. The van der Waals surface area contributed by atoms with Crippen LogP contribution in [-0.2, 0) is 4.79 Å². The highest BCUT2D eigenvalue weighted by atomic mass is 19.1. The summed E-state index contributed by atoms with van der Waals surface area (Å²) in [5, 5.41) is 5.69. The van der Waals surface area contributed by atoms with Crippen molar-refractivity contribution in [1.82, 2.24) is 5.32 Å². The van der Waals surface area contributed by atoms with Crippen molar-refractivity contribution < 1.29 is 9.18 Å². The van der Waals surface area contributed by atoms with Crippen LogP contribution in [0.1, 0.15) is 12.5 Å². The molecule has 0 saturated heterocycles. The first-order valence-corrected chi connectivity index (χ1v) is 5.46. The van der Waals surface area contributed by atoms with Crippen LogP contribution in [0.25, 0.3) is 0 Å². The van der Waals surface area contributed by atoms with Crippen molar-refractivity contribution in [2.24, 2.45) is 0 Å². The Kier molecular flexibility index (Phi) is 4.69. The van der Waals surface area contributed by atoms with Crippen molar-refractivity contribution >= 4 is 11.6 Å². The van der Waals surface area contributed by atoms with Gasteiger partial charge >= 0.3 is 0 Å². The zero-order valence-electron chi connectivity index (χ0n) is 10.1. The van der Waals surface area contributed by atoms with E-state index in [2.05, 4.69) is 17.2 Å². The van der Waals surface area contributed by atoms with E-state index < -0.39 is 0 Å². The number of carbonyl (C=O) groups is 1. The molecular formula is C13H17FN2O. The van der Waals surface area contributed by atoms with E-state index in [4.69, 9.17) is 0 Å². The molecule has 0 spiro atoms. The van der Waals surface area contributed by atoms with Crippen molar-refractivity contribution in [2.45, 2.75) is 19.9 Å². The molecule has 1 atom stereocenters. The first-order valence-electron chi connectivity index (χ1n) is 5.46. The minimum absolute atomic E-state index is 0.119. The van der Waals surface area contributed by atoms with Gasteiger partial charge in [0.2, 0.25) is 5.91 Å². The molecule has 92 valence electrons. The minimum Gasteiger partial charge on any atom is -0.374 e. The van der Waals surface area contributed by atoms with Gasteiger partial charge in [0, 0.05) is 12.2 Å². The molecule has 0 radical (unpaired) electrons. The molecule has 1 aromatic rings. The van der Waals surface area contributed by atoms with Crippen LogP contribution in [0.5, 0.6) is 0 Å². The second-order valence-electron chi connectivity index (χ2n) is 3.86. The first kappa shape index (κ1) is 13.2. The van der Waals surface area contributed by atoms with Crippen molar-refractivity contribution in [3.05, 3.63) is 42.2 Å². The van der Waals surface area contributed by atoms with Gasteiger partial charge < -0.3 is 10.6 Å². The van der Waals surface area contributed by atoms with E-state index in [1.54, 1.807) is 32.1 Å². The van der Waals surface area contributed by atoms with Gasteiger partial charge in [0.15, 0.2) is 0 Å². The Balaban J connectivity index is 2.61. The lowest BCUT2D eigenvalue weighted by molar-refractivity contribution is -0.121. The van der Waals surface area contributed by atoms with Crippen molar-refractivity contribution in [1.29, 1.82) is 0 Å². The molecule has 0 saturated carbocycles. The normalized spacial score (nSPS) is 11.7. The fraction of sp³-hybridized carbons (Fsp3) is 0.308. The van der Waals surface area contributed by atoms with Crippen LogP contribution in [-0.4, -0.2) is 18.5 Å². The molecule has 0 aliphatic heterocycles. The van der Waals surface area contributed by atoms with Gasteiger partial charge in [-0.1, -0.05) is 6.08 Å². The summed E-state index contributed by atoms with van der Waals surface area (Å²) in [5.41, 5.74) is 1.28. The third-order valence-corrected chi connectivity index (χ3v) is 2.36. The number of carbonyl (C=O) groups excluding carboxylic acids is 1. The van der Waals surface area contributed by atoms with Gasteiger partial charge in [-0.3, -0.25) is 4.79 Å². The number of halogens is 1. The molecule has 3 nitrogen and oxygen atoms in total. The second kappa shape index (κ2) is 6.03. The van der Waals surface area contributed by atoms with E-state index >= 15 is 0 Å². The topological polar surface area (TPSA) is 41.1 Å². The maximum absolute atomic E-state index is 13.0. The summed E-state index contributed by atoms with van der Waals surface area (Å²) in [7, 11) is 0. The van der Waals surface area contributed by atoms with Gasteiger partial charge in [0.1, 0.15) is 11.9 Å². The van der Waals surface area contributed by atoms with E-state index in [1.807, 2.05) is 0 Å². The maximum atomic E-state index is 13.0. The average Bonchev–Trinajstić information content (AvgIpc) is 2.30. The Bertz CT molecular complexity index is 418. The highest BCUT2D eigenvalue weighted by Gasteiger charge is 2.11. The van der Waals surface area contributed by atoms with Crippen LogP contribution in [0.2, 0.25) is 0 Å². The molecule has 17 heavy (non-hydrogen) atoms. The lowest BCUT2D eigenvalue weighted by Gasteiger charge is -2.15. The van der Waals surface area contributed by atoms with Crippen LogP contribution in [0.3, 0.4) is 0 Å². The zero-order chi connectivity index (χ0) is 12.8. The third kappa shape index (κ3) is 3.90. The van der Waals surface area contributed by atoms with E-state index in [9.17, 15) is 9.18 Å². The number of rotatable bonds is 5. The van der Waals surface area contributed by atoms with E-state index in [0.717, 1.165) is 5.69 Å². The molecule has 0 aromatic heterocycles. The quantitative estimate of drug-likeness (QED) is 0.770. The van der Waals surface area contributed by atoms with Gasteiger partial charge in [-0.25, -0.2) is 4.39 Å². The predicted molar refractivity (Wildman–Crippen MR) is 67.4 cm³/mol. The Hall–Kier alpha value is -1.84. The van der Waals surface area contributed by atoms with Gasteiger partial charge in [-0.05, 0) is 37.6 Å². The number of hydrogen-bond acceptors (Lipinski definition) is 2. The van der Waals surface area contributed by atoms with Crippen LogP contribution in [0.4, 0.5) is 10.1 Å². The Morgan fingerprint density at radius 2 is 2.29 bits per heavy atom. The number of benzene rings is 1. The number of anilines is 1. The molecule has 1 unspecified atom stereocenters. The maximum Gasteiger partial charge on any atom is 0.242 e. The highest BCUT2D eigenvalue weighted by Crippen LogP contribution is 2.14. The van der Waals surface area contributed by atoms with E-state index in [1.165, 1.54) is 6.07 Å². The summed E-state index contributed by atoms with van der Waals surface area (Å²) >= 11 is 0. The summed E-state index contributed by atoms with van der Waals surface area (Å²) in [5.74, 6) is -0.369. The third-order valence-electron chi connectivity index (χ3n) is 2.36. The average molecular weight is 236 g/mol. The molecule has 1 amide bonds. The number of nitrogens with one attached hydrogen (secondary N) is 2. The van der Waals surface area contributed by atoms with Gasteiger partial charge in [0.25, 0.3) is 0 Å². The lowest BCUT2D eigenvalue weighted by Crippen LogP contribution is -2.37. The monoisotopic (exact) mass is 236 g/mol. The number of aryl methyl sites for hydroxylation is 1. The molecule has 0 aliphatic carbocycles. The summed E-state index contributed by atoms with van der Waals surface area (Å²) < 4.78 is 13.0. The molecule has 0 fully saturated rings. The fourth-order valence-electron chi connectivity index (χ4n) is 1.38. The molecule has 0 heterocycles. The summed E-state index contributed by atoms with van der Waals surface area (Å²) in [4.78, 5) is 11.6. The molecule has 0 bridgehead atoms. The van der Waals surface area contributed by atoms with Crippen molar-refractivity contribution in [2.75, 3.05) is 11.9 Å². The molecule has 4 heteroatoms. The van der Waals surface area contributed by atoms with Gasteiger partial charge in [-0.15, -0.1) is 6.58 Å². The van der Waals surface area contributed by atoms with Crippen molar-refractivity contribution in [3.8, 4) is 0 Å². The number of amides is 1.